The van der Waals surface area contributed by atoms with Gasteiger partial charge in [0.05, 0.1) is 0 Å². The van der Waals surface area contributed by atoms with Crippen LogP contribution in [0.3, 0.4) is 0 Å². The summed E-state index contributed by atoms with van der Waals surface area (Å²) in [6.07, 6.45) is 7.13. The lowest BCUT2D eigenvalue weighted by Crippen LogP contribution is -2.43. The summed E-state index contributed by atoms with van der Waals surface area (Å²) in [6, 6.07) is -0.185. The number of carbonyl (C=O) groups is 2. The highest BCUT2D eigenvalue weighted by atomic mass is 16.4. The van der Waals surface area contributed by atoms with E-state index in [0.29, 0.717) is 25.4 Å². The summed E-state index contributed by atoms with van der Waals surface area (Å²) < 4.78 is 0. The first-order valence-electron chi connectivity index (χ1n) is 8.12. The van der Waals surface area contributed by atoms with E-state index in [-0.39, 0.29) is 11.8 Å². The summed E-state index contributed by atoms with van der Waals surface area (Å²) in [5, 5.41) is 11.8. The van der Waals surface area contributed by atoms with Crippen molar-refractivity contribution in [1.29, 1.82) is 0 Å². The summed E-state index contributed by atoms with van der Waals surface area (Å²) in [5.74, 6) is -0.861. The third kappa shape index (κ3) is 6.93. The summed E-state index contributed by atoms with van der Waals surface area (Å²) in [7, 11) is 2.06. The van der Waals surface area contributed by atoms with Crippen LogP contribution in [0.15, 0.2) is 0 Å². The van der Waals surface area contributed by atoms with Crippen LogP contribution >= 0.6 is 0 Å². The molecule has 1 aliphatic carbocycles. The Kier molecular flexibility index (Phi) is 7.72. The van der Waals surface area contributed by atoms with Gasteiger partial charge in [-0.15, -0.1) is 0 Å². The summed E-state index contributed by atoms with van der Waals surface area (Å²) in [5.41, 5.74) is 0. The Bertz CT molecular complexity index is 338. The van der Waals surface area contributed by atoms with Crippen molar-refractivity contribution in [2.75, 3.05) is 13.6 Å². The number of hydrogen-bond acceptors (Lipinski definition) is 3. The molecule has 5 heteroatoms. The smallest absolute Gasteiger partial charge is 0.326 e. The molecule has 2 N–H and O–H groups in total. The van der Waals surface area contributed by atoms with Crippen molar-refractivity contribution < 1.29 is 14.7 Å². The molecule has 1 fully saturated rings. The van der Waals surface area contributed by atoms with Crippen molar-refractivity contribution in [2.24, 2.45) is 5.92 Å². The minimum atomic E-state index is -0.947. The van der Waals surface area contributed by atoms with Crippen LogP contribution in [-0.2, 0) is 9.59 Å². The lowest BCUT2D eigenvalue weighted by atomic mass is 9.94. The largest absolute Gasteiger partial charge is 0.480 e. The highest BCUT2D eigenvalue weighted by molar-refractivity contribution is 5.83. The van der Waals surface area contributed by atoms with E-state index in [1.807, 2.05) is 13.8 Å². The monoisotopic (exact) mass is 298 g/mol. The van der Waals surface area contributed by atoms with Gasteiger partial charge in [-0.2, -0.15) is 0 Å². The van der Waals surface area contributed by atoms with Gasteiger partial charge in [-0.1, -0.05) is 33.1 Å². The maximum absolute atomic E-state index is 11.9. The van der Waals surface area contributed by atoms with Crippen LogP contribution in [0.5, 0.6) is 0 Å². The molecular weight excluding hydrogens is 268 g/mol. The molecular formula is C16H30N2O3. The second-order valence-corrected chi connectivity index (χ2v) is 6.61. The van der Waals surface area contributed by atoms with Crippen molar-refractivity contribution >= 4 is 11.9 Å². The van der Waals surface area contributed by atoms with Crippen LogP contribution in [0.2, 0.25) is 0 Å². The third-order valence-corrected chi connectivity index (χ3v) is 4.23. The Morgan fingerprint density at radius 2 is 1.86 bits per heavy atom. The van der Waals surface area contributed by atoms with Crippen LogP contribution < -0.4 is 5.32 Å². The first-order valence-corrected chi connectivity index (χ1v) is 8.12. The van der Waals surface area contributed by atoms with Gasteiger partial charge in [0.2, 0.25) is 5.91 Å². The zero-order valence-corrected chi connectivity index (χ0v) is 13.6. The van der Waals surface area contributed by atoms with E-state index in [2.05, 4.69) is 17.3 Å². The van der Waals surface area contributed by atoms with E-state index in [9.17, 15) is 9.59 Å². The van der Waals surface area contributed by atoms with Gasteiger partial charge in [0.25, 0.3) is 0 Å². The zero-order valence-electron chi connectivity index (χ0n) is 13.6. The minimum Gasteiger partial charge on any atom is -0.480 e. The standard InChI is InChI=1S/C16H30N2O3/c1-12(2)11-14(16(20)21)17-15(19)9-10-18(3)13-7-5-4-6-8-13/h12-14H,4-11H2,1-3H3,(H,17,19)(H,20,21). The van der Waals surface area contributed by atoms with E-state index in [0.717, 1.165) is 0 Å². The predicted molar refractivity (Wildman–Crippen MR) is 83.1 cm³/mol. The van der Waals surface area contributed by atoms with E-state index >= 15 is 0 Å². The quantitative estimate of drug-likeness (QED) is 0.721. The second-order valence-electron chi connectivity index (χ2n) is 6.61. The number of amides is 1. The number of nitrogens with zero attached hydrogens (tertiary/aromatic N) is 1. The van der Waals surface area contributed by atoms with Gasteiger partial charge in [0, 0.05) is 19.0 Å². The van der Waals surface area contributed by atoms with Gasteiger partial charge in [-0.05, 0) is 32.2 Å². The maximum atomic E-state index is 11.9. The number of carboxylic acid groups (broad SMARTS) is 1. The molecule has 1 atom stereocenters. The molecule has 1 amide bonds. The second kappa shape index (κ2) is 9.03. The van der Waals surface area contributed by atoms with Gasteiger partial charge < -0.3 is 15.3 Å². The highest BCUT2D eigenvalue weighted by Gasteiger charge is 2.22. The first kappa shape index (κ1) is 18.0. The lowest BCUT2D eigenvalue weighted by Gasteiger charge is -2.31. The third-order valence-electron chi connectivity index (χ3n) is 4.23. The summed E-state index contributed by atoms with van der Waals surface area (Å²) >= 11 is 0. The molecule has 0 saturated heterocycles. The Labute approximate surface area is 128 Å². The van der Waals surface area contributed by atoms with Crippen molar-refractivity contribution in [2.45, 2.75) is 70.9 Å². The van der Waals surface area contributed by atoms with Crippen molar-refractivity contribution in [3.8, 4) is 0 Å². The highest BCUT2D eigenvalue weighted by Crippen LogP contribution is 2.21. The van der Waals surface area contributed by atoms with E-state index in [1.54, 1.807) is 0 Å². The summed E-state index contributed by atoms with van der Waals surface area (Å²) in [4.78, 5) is 25.3. The maximum Gasteiger partial charge on any atom is 0.326 e. The number of rotatable bonds is 8. The molecule has 0 bridgehead atoms. The molecule has 0 aromatic heterocycles. The van der Waals surface area contributed by atoms with Crippen molar-refractivity contribution in [3.05, 3.63) is 0 Å². The molecule has 0 heterocycles. The number of carboxylic acids is 1. The van der Waals surface area contributed by atoms with Crippen LogP contribution in [0.4, 0.5) is 0 Å². The minimum absolute atomic E-state index is 0.161. The van der Waals surface area contributed by atoms with Gasteiger partial charge in [0.1, 0.15) is 6.04 Å². The van der Waals surface area contributed by atoms with E-state index in [4.69, 9.17) is 5.11 Å². The number of carbonyl (C=O) groups excluding carboxylic acids is 1. The lowest BCUT2D eigenvalue weighted by molar-refractivity contribution is -0.142. The van der Waals surface area contributed by atoms with Crippen molar-refractivity contribution in [1.82, 2.24) is 10.2 Å². The Hall–Kier alpha value is -1.10. The van der Waals surface area contributed by atoms with Gasteiger partial charge in [-0.3, -0.25) is 4.79 Å². The predicted octanol–water partition coefficient (Wildman–Crippen LogP) is 2.26. The molecule has 1 saturated carbocycles. The molecule has 21 heavy (non-hydrogen) atoms. The number of hydrogen-bond donors (Lipinski definition) is 2. The average molecular weight is 298 g/mol. The summed E-state index contributed by atoms with van der Waals surface area (Å²) in [6.45, 7) is 4.61. The number of nitrogens with one attached hydrogen (secondary N) is 1. The van der Waals surface area contributed by atoms with E-state index in [1.165, 1.54) is 32.1 Å². The SMILES string of the molecule is CC(C)CC(NC(=O)CCN(C)C1CCCCC1)C(=O)O. The van der Waals surface area contributed by atoms with Gasteiger partial charge in [0.15, 0.2) is 0 Å². The van der Waals surface area contributed by atoms with Crippen LogP contribution in [0, 0.1) is 5.92 Å². The molecule has 0 radical (unpaired) electrons. The normalized spacial score (nSPS) is 18.0. The van der Waals surface area contributed by atoms with Crippen molar-refractivity contribution in [3.63, 3.8) is 0 Å². The topological polar surface area (TPSA) is 69.6 Å². The molecule has 0 aliphatic heterocycles. The van der Waals surface area contributed by atoms with Crippen LogP contribution in [-0.4, -0.2) is 47.6 Å². The van der Waals surface area contributed by atoms with Crippen LogP contribution in [0.1, 0.15) is 58.8 Å². The molecule has 1 aliphatic rings. The Morgan fingerprint density at radius 1 is 1.24 bits per heavy atom. The molecule has 122 valence electrons. The fourth-order valence-corrected chi connectivity index (χ4v) is 2.94. The molecule has 0 aromatic rings. The molecule has 1 unspecified atom stereocenters. The molecule has 0 aromatic carbocycles. The zero-order chi connectivity index (χ0) is 15.8. The first-order chi connectivity index (χ1) is 9.90. The molecule has 5 nitrogen and oxygen atoms in total. The fraction of sp³-hybridized carbons (Fsp3) is 0.875. The molecule has 0 spiro atoms. The van der Waals surface area contributed by atoms with Gasteiger partial charge in [-0.25, -0.2) is 4.79 Å². The Balaban J connectivity index is 2.32. The fourth-order valence-electron chi connectivity index (χ4n) is 2.94. The van der Waals surface area contributed by atoms with Crippen LogP contribution in [0.25, 0.3) is 0 Å². The number of aliphatic carboxylic acids is 1. The molecule has 1 rings (SSSR count). The van der Waals surface area contributed by atoms with E-state index < -0.39 is 12.0 Å². The average Bonchev–Trinajstić information content (AvgIpc) is 2.44. The van der Waals surface area contributed by atoms with Gasteiger partial charge >= 0.3 is 5.97 Å². The Morgan fingerprint density at radius 3 is 2.38 bits per heavy atom.